The summed E-state index contributed by atoms with van der Waals surface area (Å²) in [5.74, 6) is -0.613. The Morgan fingerprint density at radius 1 is 1.38 bits per heavy atom. The van der Waals surface area contributed by atoms with Crippen molar-refractivity contribution in [3.05, 3.63) is 52.8 Å². The second-order valence-corrected chi connectivity index (χ2v) is 4.54. The molecule has 1 aromatic heterocycles. The molecule has 0 saturated carbocycles. The van der Waals surface area contributed by atoms with Crippen molar-refractivity contribution in [2.45, 2.75) is 19.7 Å². The van der Waals surface area contributed by atoms with E-state index in [0.717, 1.165) is 12.1 Å². The van der Waals surface area contributed by atoms with Crippen molar-refractivity contribution in [3.63, 3.8) is 0 Å². The van der Waals surface area contributed by atoms with Gasteiger partial charge in [-0.2, -0.15) is 18.3 Å². The number of benzene rings is 1. The van der Waals surface area contributed by atoms with Crippen molar-refractivity contribution in [2.75, 3.05) is 0 Å². The molecule has 0 fully saturated rings. The molecule has 0 radical (unpaired) electrons. The number of aromatic nitrogens is 2. The van der Waals surface area contributed by atoms with Crippen molar-refractivity contribution in [3.8, 4) is 0 Å². The number of alkyl halides is 3. The Labute approximate surface area is 119 Å². The van der Waals surface area contributed by atoms with Crippen LogP contribution in [-0.4, -0.2) is 15.7 Å². The largest absolute Gasteiger partial charge is 0.457 e. The molecular formula is C14H13F3N2O2. The van der Waals surface area contributed by atoms with Crippen LogP contribution in [0.15, 0.2) is 30.5 Å². The maximum atomic E-state index is 12.6. The topological polar surface area (TPSA) is 44.1 Å². The zero-order valence-corrected chi connectivity index (χ0v) is 11.4. The number of nitrogens with zero attached hydrogens (tertiary/aromatic N) is 2. The lowest BCUT2D eigenvalue weighted by Crippen LogP contribution is -2.08. The minimum absolute atomic E-state index is 0.225. The van der Waals surface area contributed by atoms with Gasteiger partial charge in [0, 0.05) is 12.7 Å². The maximum Gasteiger partial charge on any atom is 0.416 e. The first-order valence-corrected chi connectivity index (χ1v) is 6.11. The predicted octanol–water partition coefficient (Wildman–Crippen LogP) is 3.10. The summed E-state index contributed by atoms with van der Waals surface area (Å²) < 4.78 is 44.2. The Kier molecular flexibility index (Phi) is 4.02. The van der Waals surface area contributed by atoms with Crippen molar-refractivity contribution in [1.82, 2.24) is 9.78 Å². The van der Waals surface area contributed by atoms with Crippen LogP contribution in [-0.2, 0) is 24.6 Å². The van der Waals surface area contributed by atoms with E-state index in [9.17, 15) is 18.0 Å². The lowest BCUT2D eigenvalue weighted by Gasteiger charge is -2.09. The Morgan fingerprint density at radius 3 is 2.67 bits per heavy atom. The summed E-state index contributed by atoms with van der Waals surface area (Å²) in [6.45, 7) is 1.48. The van der Waals surface area contributed by atoms with Crippen LogP contribution >= 0.6 is 0 Å². The smallest absolute Gasteiger partial charge is 0.416 e. The standard InChI is InChI=1S/C14H13F3N2O2/c1-9-12(7-18-19(9)2)13(20)21-8-10-4-3-5-11(6-10)14(15,16)17/h3-7H,8H2,1-2H3. The van der Waals surface area contributed by atoms with Crippen LogP contribution in [0, 0.1) is 6.92 Å². The van der Waals surface area contributed by atoms with Gasteiger partial charge in [0.2, 0.25) is 0 Å². The van der Waals surface area contributed by atoms with E-state index in [1.807, 2.05) is 0 Å². The van der Waals surface area contributed by atoms with Gasteiger partial charge in [-0.25, -0.2) is 4.79 Å². The van der Waals surface area contributed by atoms with E-state index in [0.29, 0.717) is 11.3 Å². The third kappa shape index (κ3) is 3.42. The number of hydrogen-bond acceptors (Lipinski definition) is 3. The highest BCUT2D eigenvalue weighted by atomic mass is 19.4. The Morgan fingerprint density at radius 2 is 2.10 bits per heavy atom. The molecule has 7 heteroatoms. The van der Waals surface area contributed by atoms with E-state index in [-0.39, 0.29) is 12.2 Å². The minimum atomic E-state index is -4.42. The highest BCUT2D eigenvalue weighted by molar-refractivity contribution is 5.90. The van der Waals surface area contributed by atoms with Gasteiger partial charge in [-0.1, -0.05) is 12.1 Å². The Bertz CT molecular complexity index is 662. The van der Waals surface area contributed by atoms with Crippen molar-refractivity contribution in [2.24, 2.45) is 7.05 Å². The number of carbonyl (C=O) groups is 1. The SMILES string of the molecule is Cc1c(C(=O)OCc2cccc(C(F)(F)F)c2)cnn1C. The Hall–Kier alpha value is -2.31. The number of aryl methyl sites for hydroxylation is 1. The summed E-state index contributed by atoms with van der Waals surface area (Å²) in [7, 11) is 1.68. The van der Waals surface area contributed by atoms with Crippen LogP contribution in [0.2, 0.25) is 0 Å². The van der Waals surface area contributed by atoms with Crippen molar-refractivity contribution < 1.29 is 22.7 Å². The van der Waals surface area contributed by atoms with Crippen LogP contribution in [0.3, 0.4) is 0 Å². The normalized spacial score (nSPS) is 11.5. The molecule has 21 heavy (non-hydrogen) atoms. The third-order valence-electron chi connectivity index (χ3n) is 3.08. The molecule has 0 unspecified atom stereocenters. The maximum absolute atomic E-state index is 12.6. The first kappa shape index (κ1) is 15.1. The number of rotatable bonds is 3. The summed E-state index contributed by atoms with van der Waals surface area (Å²) >= 11 is 0. The molecule has 1 aromatic carbocycles. The minimum Gasteiger partial charge on any atom is -0.457 e. The van der Waals surface area contributed by atoms with Crippen LogP contribution in [0.5, 0.6) is 0 Å². The van der Waals surface area contributed by atoms with E-state index >= 15 is 0 Å². The Balaban J connectivity index is 2.07. The number of hydrogen-bond donors (Lipinski definition) is 0. The molecule has 4 nitrogen and oxygen atoms in total. The fourth-order valence-corrected chi connectivity index (χ4v) is 1.76. The fraction of sp³-hybridized carbons (Fsp3) is 0.286. The van der Waals surface area contributed by atoms with Gasteiger partial charge in [0.05, 0.1) is 11.8 Å². The first-order chi connectivity index (χ1) is 9.79. The summed E-state index contributed by atoms with van der Waals surface area (Å²) in [5, 5.41) is 3.91. The van der Waals surface area contributed by atoms with Gasteiger partial charge in [0.25, 0.3) is 0 Å². The first-order valence-electron chi connectivity index (χ1n) is 6.11. The molecule has 0 bridgehead atoms. The summed E-state index contributed by atoms with van der Waals surface area (Å²) in [4.78, 5) is 11.8. The molecule has 0 saturated heterocycles. The highest BCUT2D eigenvalue weighted by Crippen LogP contribution is 2.29. The summed E-state index contributed by atoms with van der Waals surface area (Å²) in [6, 6.07) is 4.68. The molecule has 0 amide bonds. The summed E-state index contributed by atoms with van der Waals surface area (Å²) in [6.07, 6.45) is -3.05. The molecule has 0 atom stereocenters. The van der Waals surface area contributed by atoms with Gasteiger partial charge in [0.15, 0.2) is 0 Å². The van der Waals surface area contributed by atoms with E-state index in [1.165, 1.54) is 23.0 Å². The van der Waals surface area contributed by atoms with Gasteiger partial charge < -0.3 is 4.74 Å². The van der Waals surface area contributed by atoms with E-state index in [2.05, 4.69) is 5.10 Å². The average molecular weight is 298 g/mol. The van der Waals surface area contributed by atoms with Gasteiger partial charge in [-0.05, 0) is 24.6 Å². The predicted molar refractivity (Wildman–Crippen MR) is 68.5 cm³/mol. The van der Waals surface area contributed by atoms with Crippen LogP contribution in [0.25, 0.3) is 0 Å². The molecule has 2 rings (SSSR count). The van der Waals surface area contributed by atoms with E-state index in [1.54, 1.807) is 14.0 Å². The van der Waals surface area contributed by atoms with Crippen LogP contribution in [0.1, 0.15) is 27.2 Å². The van der Waals surface area contributed by atoms with E-state index in [4.69, 9.17) is 4.74 Å². The molecular weight excluding hydrogens is 285 g/mol. The second-order valence-electron chi connectivity index (χ2n) is 4.54. The highest BCUT2D eigenvalue weighted by Gasteiger charge is 2.30. The lowest BCUT2D eigenvalue weighted by atomic mass is 10.1. The molecule has 1 heterocycles. The number of halogens is 3. The molecule has 0 aliphatic carbocycles. The van der Waals surface area contributed by atoms with Gasteiger partial charge in [-0.15, -0.1) is 0 Å². The van der Waals surface area contributed by atoms with Gasteiger partial charge in [-0.3, -0.25) is 4.68 Å². The van der Waals surface area contributed by atoms with Crippen LogP contribution < -0.4 is 0 Å². The van der Waals surface area contributed by atoms with Crippen LogP contribution in [0.4, 0.5) is 13.2 Å². The average Bonchev–Trinajstić information content (AvgIpc) is 2.76. The third-order valence-corrected chi connectivity index (χ3v) is 3.08. The summed E-state index contributed by atoms with van der Waals surface area (Å²) in [5.41, 5.74) is 0.432. The van der Waals surface area contributed by atoms with E-state index < -0.39 is 17.7 Å². The molecule has 2 aromatic rings. The lowest BCUT2D eigenvalue weighted by molar-refractivity contribution is -0.137. The second kappa shape index (κ2) is 5.59. The molecule has 0 N–H and O–H groups in total. The van der Waals surface area contributed by atoms with Crippen molar-refractivity contribution in [1.29, 1.82) is 0 Å². The quantitative estimate of drug-likeness (QED) is 0.818. The monoisotopic (exact) mass is 298 g/mol. The molecule has 0 spiro atoms. The zero-order chi connectivity index (χ0) is 15.6. The van der Waals surface area contributed by atoms with Crippen molar-refractivity contribution >= 4 is 5.97 Å². The molecule has 112 valence electrons. The zero-order valence-electron chi connectivity index (χ0n) is 11.4. The van der Waals surface area contributed by atoms with Gasteiger partial charge in [0.1, 0.15) is 12.2 Å². The number of ether oxygens (including phenoxy) is 1. The number of carbonyl (C=O) groups excluding carboxylic acids is 1. The molecule has 0 aliphatic heterocycles. The van der Waals surface area contributed by atoms with Gasteiger partial charge >= 0.3 is 12.1 Å². The number of esters is 1. The fourth-order valence-electron chi connectivity index (χ4n) is 1.76. The molecule has 0 aliphatic rings.